The molecule has 2 aliphatic heterocycles. The summed E-state index contributed by atoms with van der Waals surface area (Å²) in [6, 6.07) is 19.5. The molecule has 0 bridgehead atoms. The van der Waals surface area contributed by atoms with Crippen molar-refractivity contribution >= 4 is 11.6 Å². The van der Waals surface area contributed by atoms with Gasteiger partial charge in [0, 0.05) is 45.5 Å². The first kappa shape index (κ1) is 19.8. The third kappa shape index (κ3) is 5.10. The van der Waals surface area contributed by atoms with Crippen LogP contribution in [0.25, 0.3) is 0 Å². The molecule has 2 aromatic rings. The lowest BCUT2D eigenvalue weighted by molar-refractivity contribution is 0.122. The molecule has 154 valence electrons. The van der Waals surface area contributed by atoms with E-state index in [9.17, 15) is 0 Å². The van der Waals surface area contributed by atoms with Crippen LogP contribution >= 0.6 is 0 Å². The van der Waals surface area contributed by atoms with Crippen LogP contribution in [0.4, 0.5) is 5.69 Å². The van der Waals surface area contributed by atoms with Gasteiger partial charge >= 0.3 is 0 Å². The number of anilines is 1. The zero-order chi connectivity index (χ0) is 19.9. The van der Waals surface area contributed by atoms with Crippen molar-refractivity contribution in [2.45, 2.75) is 19.4 Å². The number of ether oxygens (including phenoxy) is 1. The molecule has 0 amide bonds. The lowest BCUT2D eigenvalue weighted by Gasteiger charge is -2.31. The van der Waals surface area contributed by atoms with Crippen molar-refractivity contribution in [1.29, 1.82) is 0 Å². The van der Waals surface area contributed by atoms with E-state index in [0.29, 0.717) is 5.92 Å². The van der Waals surface area contributed by atoms with Gasteiger partial charge < -0.3 is 19.9 Å². The van der Waals surface area contributed by atoms with Crippen LogP contribution in [-0.2, 0) is 17.7 Å². The number of hydrogen-bond donors (Lipinski definition) is 1. The monoisotopic (exact) mass is 392 g/mol. The lowest BCUT2D eigenvalue weighted by atomic mass is 9.99. The molecule has 1 atom stereocenters. The summed E-state index contributed by atoms with van der Waals surface area (Å²) in [5.74, 6) is 1.70. The quantitative estimate of drug-likeness (QED) is 0.627. The van der Waals surface area contributed by atoms with E-state index in [2.05, 4.69) is 74.7 Å². The van der Waals surface area contributed by atoms with Gasteiger partial charge in [0.2, 0.25) is 0 Å². The van der Waals surface area contributed by atoms with Gasteiger partial charge in [0.25, 0.3) is 0 Å². The Balaban J connectivity index is 1.34. The number of hydrogen-bond acceptors (Lipinski definition) is 3. The van der Waals surface area contributed by atoms with Gasteiger partial charge in [-0.1, -0.05) is 48.5 Å². The molecule has 5 heteroatoms. The van der Waals surface area contributed by atoms with Gasteiger partial charge in [-0.15, -0.1) is 0 Å². The summed E-state index contributed by atoms with van der Waals surface area (Å²) >= 11 is 0. The molecule has 4 rings (SSSR count). The topological polar surface area (TPSA) is 40.1 Å². The smallest absolute Gasteiger partial charge is 0.193 e. The van der Waals surface area contributed by atoms with Crippen molar-refractivity contribution in [2.75, 3.05) is 51.3 Å². The Labute approximate surface area is 174 Å². The first-order valence-electron chi connectivity index (χ1n) is 10.7. The maximum Gasteiger partial charge on any atom is 0.193 e. The number of morpholine rings is 1. The van der Waals surface area contributed by atoms with Crippen LogP contribution in [0.1, 0.15) is 17.5 Å². The molecule has 0 saturated carbocycles. The van der Waals surface area contributed by atoms with Crippen LogP contribution in [0.3, 0.4) is 0 Å². The Hall–Kier alpha value is -2.53. The van der Waals surface area contributed by atoms with E-state index in [4.69, 9.17) is 4.74 Å². The molecule has 1 unspecified atom stereocenters. The molecular formula is C24H32N4O. The molecule has 0 aliphatic carbocycles. The predicted octanol–water partition coefficient (Wildman–Crippen LogP) is 3.16. The summed E-state index contributed by atoms with van der Waals surface area (Å²) in [5.41, 5.74) is 4.06. The molecule has 2 saturated heterocycles. The summed E-state index contributed by atoms with van der Waals surface area (Å²) in [7, 11) is 1.89. The van der Waals surface area contributed by atoms with Gasteiger partial charge in [0.05, 0.1) is 13.2 Å². The zero-order valence-electron chi connectivity index (χ0n) is 17.4. The van der Waals surface area contributed by atoms with E-state index in [1.165, 1.54) is 23.2 Å². The van der Waals surface area contributed by atoms with E-state index in [1.807, 2.05) is 7.05 Å². The fourth-order valence-corrected chi connectivity index (χ4v) is 4.42. The van der Waals surface area contributed by atoms with Crippen LogP contribution in [0.2, 0.25) is 0 Å². The van der Waals surface area contributed by atoms with Gasteiger partial charge in [-0.25, -0.2) is 0 Å². The third-order valence-electron chi connectivity index (χ3n) is 5.94. The lowest BCUT2D eigenvalue weighted by Crippen LogP contribution is -2.40. The molecule has 2 aliphatic rings. The summed E-state index contributed by atoms with van der Waals surface area (Å²) in [6.45, 7) is 6.46. The normalized spacial score (nSPS) is 20.2. The van der Waals surface area contributed by atoms with Crippen molar-refractivity contribution < 1.29 is 4.74 Å². The Kier molecular flexibility index (Phi) is 6.67. The van der Waals surface area contributed by atoms with Crippen molar-refractivity contribution in [3.63, 3.8) is 0 Å². The highest BCUT2D eigenvalue weighted by Gasteiger charge is 2.25. The molecule has 2 fully saturated rings. The summed E-state index contributed by atoms with van der Waals surface area (Å²) in [6.07, 6.45) is 2.37. The number of guanidine groups is 1. The van der Waals surface area contributed by atoms with E-state index < -0.39 is 0 Å². The van der Waals surface area contributed by atoms with Crippen molar-refractivity contribution in [3.05, 3.63) is 65.7 Å². The van der Waals surface area contributed by atoms with Crippen molar-refractivity contribution in [3.8, 4) is 0 Å². The van der Waals surface area contributed by atoms with Gasteiger partial charge in [0.15, 0.2) is 5.96 Å². The molecule has 0 radical (unpaired) electrons. The number of rotatable bonds is 5. The summed E-state index contributed by atoms with van der Waals surface area (Å²) in [4.78, 5) is 9.40. The predicted molar refractivity (Wildman–Crippen MR) is 119 cm³/mol. The van der Waals surface area contributed by atoms with Gasteiger partial charge in [-0.3, -0.25) is 4.99 Å². The minimum atomic E-state index is 0.691. The molecular weight excluding hydrogens is 360 g/mol. The standard InChI is InChI=1S/C24H32N4O/c1-25-24(28-12-11-21(19-28)17-20-7-3-2-4-8-20)26-18-22-9-5-6-10-23(22)27-13-15-29-16-14-27/h2-10,21H,11-19H2,1H3,(H,25,26). The molecule has 1 N–H and O–H groups in total. The van der Waals surface area contributed by atoms with E-state index in [-0.39, 0.29) is 0 Å². The molecule has 0 spiro atoms. The average Bonchev–Trinajstić information content (AvgIpc) is 3.24. The SMILES string of the molecule is CN=C(NCc1ccccc1N1CCOCC1)N1CCC(Cc2ccccc2)C1. The van der Waals surface area contributed by atoms with Gasteiger partial charge in [0.1, 0.15) is 0 Å². The summed E-state index contributed by atoms with van der Waals surface area (Å²) in [5, 5.41) is 3.61. The Morgan fingerprint density at radius 1 is 1.03 bits per heavy atom. The van der Waals surface area contributed by atoms with Crippen molar-refractivity contribution in [1.82, 2.24) is 10.2 Å². The zero-order valence-corrected chi connectivity index (χ0v) is 17.4. The average molecular weight is 393 g/mol. The number of aliphatic imine (C=N–C) groups is 1. The van der Waals surface area contributed by atoms with Crippen LogP contribution in [-0.4, -0.2) is 57.3 Å². The Morgan fingerprint density at radius 2 is 1.79 bits per heavy atom. The van der Waals surface area contributed by atoms with Crippen LogP contribution in [0.5, 0.6) is 0 Å². The second kappa shape index (κ2) is 9.79. The number of nitrogens with one attached hydrogen (secondary N) is 1. The fourth-order valence-electron chi connectivity index (χ4n) is 4.42. The third-order valence-corrected chi connectivity index (χ3v) is 5.94. The minimum absolute atomic E-state index is 0.691. The highest BCUT2D eigenvalue weighted by Crippen LogP contribution is 2.23. The van der Waals surface area contributed by atoms with Gasteiger partial charge in [-0.05, 0) is 36.0 Å². The first-order valence-corrected chi connectivity index (χ1v) is 10.7. The van der Waals surface area contributed by atoms with Crippen LogP contribution in [0.15, 0.2) is 59.6 Å². The first-order chi connectivity index (χ1) is 14.3. The fraction of sp³-hybridized carbons (Fsp3) is 0.458. The highest BCUT2D eigenvalue weighted by atomic mass is 16.5. The number of nitrogens with zero attached hydrogens (tertiary/aromatic N) is 3. The summed E-state index contributed by atoms with van der Waals surface area (Å²) < 4.78 is 5.51. The second-order valence-corrected chi connectivity index (χ2v) is 7.92. The van der Waals surface area contributed by atoms with Crippen molar-refractivity contribution in [2.24, 2.45) is 10.9 Å². The number of benzene rings is 2. The molecule has 29 heavy (non-hydrogen) atoms. The maximum atomic E-state index is 5.51. The number of para-hydroxylation sites is 1. The number of likely N-dealkylation sites (tertiary alicyclic amines) is 1. The maximum absolute atomic E-state index is 5.51. The minimum Gasteiger partial charge on any atom is -0.378 e. The van der Waals surface area contributed by atoms with Gasteiger partial charge in [-0.2, -0.15) is 0 Å². The van der Waals surface area contributed by atoms with E-state index >= 15 is 0 Å². The molecule has 0 aromatic heterocycles. The second-order valence-electron chi connectivity index (χ2n) is 7.92. The molecule has 2 aromatic carbocycles. The highest BCUT2D eigenvalue weighted by molar-refractivity contribution is 5.80. The largest absolute Gasteiger partial charge is 0.378 e. The van der Waals surface area contributed by atoms with Crippen LogP contribution < -0.4 is 10.2 Å². The Morgan fingerprint density at radius 3 is 2.59 bits per heavy atom. The molecule has 5 nitrogen and oxygen atoms in total. The Bertz CT molecular complexity index is 802. The van der Waals surface area contributed by atoms with E-state index in [0.717, 1.165) is 58.3 Å². The van der Waals surface area contributed by atoms with Crippen LogP contribution in [0, 0.1) is 5.92 Å². The van der Waals surface area contributed by atoms with E-state index in [1.54, 1.807) is 0 Å². The molecule has 2 heterocycles.